The Morgan fingerprint density at radius 1 is 1.26 bits per heavy atom. The van der Waals surface area contributed by atoms with Crippen LogP contribution in [0.1, 0.15) is 16.1 Å². The SMILES string of the molecule is NC(=O)c1nc(S(N)(=O)=O)cc2c1[nH]c1ccc(CCO)cc12. The first-order chi connectivity index (χ1) is 10.8. The Balaban J connectivity index is 2.43. The molecule has 3 rings (SSSR count). The molecule has 1 amide bonds. The molecule has 2 aromatic heterocycles. The number of sulfonamides is 1. The Morgan fingerprint density at radius 3 is 2.61 bits per heavy atom. The average Bonchev–Trinajstić information content (AvgIpc) is 2.83. The molecule has 0 unspecified atom stereocenters. The molecule has 0 aliphatic carbocycles. The summed E-state index contributed by atoms with van der Waals surface area (Å²) >= 11 is 0. The number of carbonyl (C=O) groups is 1. The van der Waals surface area contributed by atoms with E-state index in [0.29, 0.717) is 28.2 Å². The second kappa shape index (κ2) is 5.30. The van der Waals surface area contributed by atoms with Crippen molar-refractivity contribution in [3.63, 3.8) is 0 Å². The predicted octanol–water partition coefficient (Wildman–Crippen LogP) is -0.00280. The second-order valence-electron chi connectivity index (χ2n) is 5.12. The van der Waals surface area contributed by atoms with Crippen molar-refractivity contribution in [3.05, 3.63) is 35.5 Å². The molecule has 0 saturated carbocycles. The largest absolute Gasteiger partial charge is 0.396 e. The average molecular weight is 334 g/mol. The van der Waals surface area contributed by atoms with Gasteiger partial charge in [0, 0.05) is 22.9 Å². The lowest BCUT2D eigenvalue weighted by molar-refractivity contribution is 0.0996. The number of primary amides is 1. The van der Waals surface area contributed by atoms with Gasteiger partial charge < -0.3 is 15.8 Å². The Bertz CT molecular complexity index is 1040. The summed E-state index contributed by atoms with van der Waals surface area (Å²) in [7, 11) is -4.09. The highest BCUT2D eigenvalue weighted by Crippen LogP contribution is 2.29. The minimum Gasteiger partial charge on any atom is -0.396 e. The highest BCUT2D eigenvalue weighted by Gasteiger charge is 2.20. The number of nitrogens with two attached hydrogens (primary N) is 2. The van der Waals surface area contributed by atoms with Crippen LogP contribution in [0.3, 0.4) is 0 Å². The van der Waals surface area contributed by atoms with Crippen molar-refractivity contribution < 1.29 is 18.3 Å². The van der Waals surface area contributed by atoms with E-state index in [-0.39, 0.29) is 12.3 Å². The number of fused-ring (bicyclic) bond motifs is 3. The van der Waals surface area contributed by atoms with Gasteiger partial charge in [0.2, 0.25) is 0 Å². The fourth-order valence-corrected chi connectivity index (χ4v) is 3.03. The lowest BCUT2D eigenvalue weighted by Crippen LogP contribution is -2.19. The summed E-state index contributed by atoms with van der Waals surface area (Å²) in [5, 5.41) is 14.9. The molecule has 8 nitrogen and oxygen atoms in total. The van der Waals surface area contributed by atoms with Crippen LogP contribution in [0, 0.1) is 0 Å². The summed E-state index contributed by atoms with van der Waals surface area (Å²) in [5.74, 6) is -0.859. The van der Waals surface area contributed by atoms with Gasteiger partial charge in [0.05, 0.1) is 5.52 Å². The van der Waals surface area contributed by atoms with Gasteiger partial charge in [0.15, 0.2) is 10.7 Å². The number of hydrogen-bond acceptors (Lipinski definition) is 5. The van der Waals surface area contributed by atoms with Crippen molar-refractivity contribution in [2.45, 2.75) is 11.4 Å². The Hall–Kier alpha value is -2.49. The maximum absolute atomic E-state index is 11.6. The number of rotatable bonds is 4. The number of amides is 1. The van der Waals surface area contributed by atoms with E-state index in [1.54, 1.807) is 6.07 Å². The van der Waals surface area contributed by atoms with Gasteiger partial charge in [-0.15, -0.1) is 0 Å². The number of pyridine rings is 1. The maximum atomic E-state index is 11.6. The zero-order chi connectivity index (χ0) is 16.8. The topological polar surface area (TPSA) is 152 Å². The van der Waals surface area contributed by atoms with Crippen LogP contribution >= 0.6 is 0 Å². The third kappa shape index (κ3) is 2.65. The van der Waals surface area contributed by atoms with Crippen LogP contribution < -0.4 is 10.9 Å². The standard InChI is InChI=1S/C14H14N4O4S/c15-14(20)13-12-9(6-11(18-13)23(16,21)22)8-5-7(3-4-19)1-2-10(8)17-12/h1-2,5-6,17,19H,3-4H2,(H2,15,20)(H2,16,21,22). The zero-order valence-corrected chi connectivity index (χ0v) is 12.7. The van der Waals surface area contributed by atoms with E-state index in [9.17, 15) is 13.2 Å². The number of primary sulfonamides is 1. The molecule has 1 aromatic carbocycles. The van der Waals surface area contributed by atoms with Gasteiger partial charge in [-0.1, -0.05) is 6.07 Å². The highest BCUT2D eigenvalue weighted by atomic mass is 32.2. The molecular formula is C14H14N4O4S. The van der Waals surface area contributed by atoms with Crippen LogP contribution in [0.2, 0.25) is 0 Å². The van der Waals surface area contributed by atoms with E-state index in [1.165, 1.54) is 6.07 Å². The van der Waals surface area contributed by atoms with Gasteiger partial charge in [0.1, 0.15) is 0 Å². The Kier molecular flexibility index (Phi) is 3.55. The summed E-state index contributed by atoms with van der Waals surface area (Å²) in [5.41, 5.74) is 7.02. The van der Waals surface area contributed by atoms with Crippen LogP contribution in [-0.2, 0) is 16.4 Å². The minimum atomic E-state index is -4.09. The summed E-state index contributed by atoms with van der Waals surface area (Å²) in [4.78, 5) is 18.4. The molecule has 0 saturated heterocycles. The van der Waals surface area contributed by atoms with Gasteiger partial charge >= 0.3 is 0 Å². The Labute approximate surface area is 131 Å². The molecule has 9 heteroatoms. The lowest BCUT2D eigenvalue weighted by Gasteiger charge is -2.03. The third-order valence-corrected chi connectivity index (χ3v) is 4.35. The molecule has 3 aromatic rings. The van der Waals surface area contributed by atoms with E-state index in [2.05, 4.69) is 9.97 Å². The van der Waals surface area contributed by atoms with Gasteiger partial charge in [0.25, 0.3) is 15.9 Å². The number of aromatic amines is 1. The molecule has 0 fully saturated rings. The van der Waals surface area contributed by atoms with Crippen molar-refractivity contribution in [1.29, 1.82) is 0 Å². The summed E-state index contributed by atoms with van der Waals surface area (Å²) in [6.45, 7) is -0.00954. The van der Waals surface area contributed by atoms with Gasteiger partial charge in [-0.05, 0) is 30.2 Å². The number of carbonyl (C=O) groups excluding carboxylic acids is 1. The molecule has 0 radical (unpaired) electrons. The smallest absolute Gasteiger partial charge is 0.269 e. The van der Waals surface area contributed by atoms with Crippen molar-refractivity contribution in [2.24, 2.45) is 10.9 Å². The fourth-order valence-electron chi connectivity index (χ4n) is 2.53. The van der Waals surface area contributed by atoms with Crippen molar-refractivity contribution >= 4 is 37.7 Å². The van der Waals surface area contributed by atoms with E-state index < -0.39 is 21.0 Å². The summed E-state index contributed by atoms with van der Waals surface area (Å²) in [6.07, 6.45) is 0.457. The number of aliphatic hydroxyl groups excluding tert-OH is 1. The lowest BCUT2D eigenvalue weighted by atomic mass is 10.1. The van der Waals surface area contributed by atoms with E-state index >= 15 is 0 Å². The fraction of sp³-hybridized carbons (Fsp3) is 0.143. The van der Waals surface area contributed by atoms with Crippen LogP contribution in [0.4, 0.5) is 0 Å². The first-order valence-corrected chi connectivity index (χ1v) is 8.24. The molecule has 120 valence electrons. The molecule has 0 bridgehead atoms. The molecule has 23 heavy (non-hydrogen) atoms. The minimum absolute atomic E-state index is 0.00954. The molecule has 0 aliphatic rings. The summed E-state index contributed by atoms with van der Waals surface area (Å²) < 4.78 is 23.2. The number of hydrogen-bond donors (Lipinski definition) is 4. The van der Waals surface area contributed by atoms with Crippen LogP contribution in [0.25, 0.3) is 21.8 Å². The van der Waals surface area contributed by atoms with Crippen LogP contribution in [-0.4, -0.2) is 36.0 Å². The first-order valence-electron chi connectivity index (χ1n) is 6.70. The number of benzene rings is 1. The first kappa shape index (κ1) is 15.4. The number of nitrogens with zero attached hydrogens (tertiary/aromatic N) is 1. The summed E-state index contributed by atoms with van der Waals surface area (Å²) in [6, 6.07) is 6.72. The van der Waals surface area contributed by atoms with Crippen molar-refractivity contribution in [1.82, 2.24) is 9.97 Å². The molecule has 6 N–H and O–H groups in total. The van der Waals surface area contributed by atoms with E-state index in [1.807, 2.05) is 12.1 Å². The zero-order valence-electron chi connectivity index (χ0n) is 11.9. The van der Waals surface area contributed by atoms with Gasteiger partial charge in [-0.25, -0.2) is 18.5 Å². The predicted molar refractivity (Wildman–Crippen MR) is 84.3 cm³/mol. The molecule has 0 spiro atoms. The maximum Gasteiger partial charge on any atom is 0.269 e. The molecule has 2 heterocycles. The Morgan fingerprint density at radius 2 is 2.00 bits per heavy atom. The number of nitrogens with one attached hydrogen (secondary N) is 1. The third-order valence-electron chi connectivity index (χ3n) is 3.56. The normalized spacial score (nSPS) is 12.1. The highest BCUT2D eigenvalue weighted by molar-refractivity contribution is 7.89. The van der Waals surface area contributed by atoms with Crippen LogP contribution in [0.15, 0.2) is 29.3 Å². The number of H-pyrrole nitrogens is 1. The van der Waals surface area contributed by atoms with E-state index in [0.717, 1.165) is 5.56 Å². The van der Waals surface area contributed by atoms with Crippen molar-refractivity contribution in [3.8, 4) is 0 Å². The van der Waals surface area contributed by atoms with Crippen LogP contribution in [0.5, 0.6) is 0 Å². The second-order valence-corrected chi connectivity index (χ2v) is 6.63. The molecular weight excluding hydrogens is 320 g/mol. The van der Waals surface area contributed by atoms with Gasteiger partial charge in [-0.3, -0.25) is 4.79 Å². The molecule has 0 atom stereocenters. The van der Waals surface area contributed by atoms with Gasteiger partial charge in [-0.2, -0.15) is 0 Å². The monoisotopic (exact) mass is 334 g/mol. The number of aliphatic hydroxyl groups is 1. The quantitative estimate of drug-likeness (QED) is 0.529. The van der Waals surface area contributed by atoms with E-state index in [4.69, 9.17) is 16.0 Å². The number of aromatic nitrogens is 2. The van der Waals surface area contributed by atoms with Crippen molar-refractivity contribution in [2.75, 3.05) is 6.61 Å². The molecule has 0 aliphatic heterocycles.